The molecule has 70 valence electrons. The zero-order chi connectivity index (χ0) is 8.53. The van der Waals surface area contributed by atoms with E-state index < -0.39 is 6.09 Å². The first-order valence-corrected chi connectivity index (χ1v) is 3.67. The van der Waals surface area contributed by atoms with Crippen molar-refractivity contribution in [3.63, 3.8) is 0 Å². The number of carbonyl (C=O) groups is 1. The number of amides is 1. The van der Waals surface area contributed by atoms with Crippen LogP contribution in [0, 0.1) is 12.0 Å². The highest BCUT2D eigenvalue weighted by atomic mass is 127. The van der Waals surface area contributed by atoms with Gasteiger partial charge in [0.1, 0.15) is 6.11 Å². The summed E-state index contributed by atoms with van der Waals surface area (Å²) in [4.78, 5) is 10.6. The second kappa shape index (κ2) is 10.6. The molecular weight excluding hydrogens is 269 g/mol. The zero-order valence-electron chi connectivity index (χ0n) is 7.35. The molecule has 12 heavy (non-hydrogen) atoms. The van der Waals surface area contributed by atoms with Gasteiger partial charge in [0.2, 0.25) is 0 Å². The number of nitrogens with one attached hydrogen (secondary N) is 1. The standard InChI is InChI=1S/C8H13NO2.HI/c1-3-5-6-9-8(10)11-7-4-2;/h3,5-6H2,1-2H3,(H,9,10);1H. The van der Waals surface area contributed by atoms with E-state index >= 15 is 0 Å². The largest absolute Gasteiger partial charge is 0.421 e. The van der Waals surface area contributed by atoms with Crippen molar-refractivity contribution in [3.8, 4) is 12.0 Å². The summed E-state index contributed by atoms with van der Waals surface area (Å²) in [6.07, 6.45) is 3.77. The van der Waals surface area contributed by atoms with Crippen molar-refractivity contribution in [1.82, 2.24) is 5.32 Å². The quantitative estimate of drug-likeness (QED) is 0.489. The highest BCUT2D eigenvalue weighted by molar-refractivity contribution is 14.0. The number of hydrogen-bond donors (Lipinski definition) is 1. The van der Waals surface area contributed by atoms with Crippen molar-refractivity contribution >= 4 is 30.1 Å². The normalized spacial score (nSPS) is 7.17. The Morgan fingerprint density at radius 2 is 2.25 bits per heavy atom. The molecule has 0 radical (unpaired) electrons. The van der Waals surface area contributed by atoms with Gasteiger partial charge in [-0.1, -0.05) is 19.3 Å². The van der Waals surface area contributed by atoms with Crippen LogP contribution in [0.5, 0.6) is 0 Å². The Morgan fingerprint density at radius 3 is 2.75 bits per heavy atom. The lowest BCUT2D eigenvalue weighted by molar-refractivity contribution is 0.191. The number of halogens is 1. The lowest BCUT2D eigenvalue weighted by atomic mass is 10.3. The Hall–Kier alpha value is -0.440. The van der Waals surface area contributed by atoms with Gasteiger partial charge in [0, 0.05) is 13.5 Å². The fraction of sp³-hybridized carbons (Fsp3) is 0.625. The second-order valence-corrected chi connectivity index (χ2v) is 2.02. The maximum Gasteiger partial charge on any atom is 0.421 e. The summed E-state index contributed by atoms with van der Waals surface area (Å²) in [5, 5.41) is 2.55. The molecule has 0 aliphatic rings. The van der Waals surface area contributed by atoms with Gasteiger partial charge in [0.05, 0.1) is 0 Å². The van der Waals surface area contributed by atoms with Gasteiger partial charge < -0.3 is 10.1 Å². The molecule has 0 aromatic carbocycles. The first-order chi connectivity index (χ1) is 5.31. The van der Waals surface area contributed by atoms with Gasteiger partial charge in [-0.05, 0) is 6.42 Å². The minimum Gasteiger partial charge on any atom is -0.356 e. The first-order valence-electron chi connectivity index (χ1n) is 3.67. The number of ether oxygens (including phenoxy) is 1. The van der Waals surface area contributed by atoms with Gasteiger partial charge in [0.15, 0.2) is 0 Å². The molecule has 0 aromatic rings. The monoisotopic (exact) mass is 283 g/mol. The van der Waals surface area contributed by atoms with Gasteiger partial charge >= 0.3 is 6.09 Å². The molecule has 0 bridgehead atoms. The molecule has 3 nitrogen and oxygen atoms in total. The summed E-state index contributed by atoms with van der Waals surface area (Å²) in [6.45, 7) is 4.32. The van der Waals surface area contributed by atoms with Crippen LogP contribution in [-0.2, 0) is 4.74 Å². The fourth-order valence-electron chi connectivity index (χ4n) is 0.501. The number of alkyl carbamates (subject to hydrolysis) is 1. The Labute approximate surface area is 90.3 Å². The number of rotatable bonds is 3. The summed E-state index contributed by atoms with van der Waals surface area (Å²) in [7, 11) is 0. The number of carbonyl (C=O) groups excluding carboxylic acids is 1. The molecule has 1 N–H and O–H groups in total. The average molecular weight is 283 g/mol. The third-order valence-electron chi connectivity index (χ3n) is 1.05. The van der Waals surface area contributed by atoms with Crippen LogP contribution in [0.4, 0.5) is 4.79 Å². The molecule has 0 saturated carbocycles. The molecular formula is C8H14INO2. The predicted octanol–water partition coefficient (Wildman–Crippen LogP) is 2.11. The van der Waals surface area contributed by atoms with Crippen molar-refractivity contribution in [1.29, 1.82) is 0 Å². The Balaban J connectivity index is 0. The summed E-state index contributed by atoms with van der Waals surface area (Å²) >= 11 is 0. The van der Waals surface area contributed by atoms with E-state index in [1.54, 1.807) is 6.92 Å². The third kappa shape index (κ3) is 9.56. The molecule has 0 saturated heterocycles. The van der Waals surface area contributed by atoms with Gasteiger partial charge in [0.25, 0.3) is 0 Å². The maximum atomic E-state index is 10.6. The SMILES string of the molecule is CC#COC(=O)NCCCC.I. The average Bonchev–Trinajstić information content (AvgIpc) is 2.01. The van der Waals surface area contributed by atoms with Crippen molar-refractivity contribution in [2.45, 2.75) is 26.7 Å². The molecule has 0 rings (SSSR count). The molecule has 1 amide bonds. The van der Waals surface area contributed by atoms with E-state index in [9.17, 15) is 4.79 Å². The number of unbranched alkanes of at least 4 members (excludes halogenated alkanes) is 1. The minimum absolute atomic E-state index is 0. The van der Waals surface area contributed by atoms with Crippen molar-refractivity contribution < 1.29 is 9.53 Å². The smallest absolute Gasteiger partial charge is 0.356 e. The van der Waals surface area contributed by atoms with Gasteiger partial charge in [-0.3, -0.25) is 0 Å². The van der Waals surface area contributed by atoms with Crippen LogP contribution in [0.2, 0.25) is 0 Å². The van der Waals surface area contributed by atoms with Gasteiger partial charge in [-0.2, -0.15) is 0 Å². The Kier molecular flexibility index (Phi) is 12.4. The Bertz CT molecular complexity index is 172. The van der Waals surface area contributed by atoms with Crippen LogP contribution >= 0.6 is 24.0 Å². The lowest BCUT2D eigenvalue weighted by Gasteiger charge is -1.98. The molecule has 4 heteroatoms. The van der Waals surface area contributed by atoms with Crippen molar-refractivity contribution in [2.75, 3.05) is 6.54 Å². The highest BCUT2D eigenvalue weighted by Crippen LogP contribution is 1.83. The predicted molar refractivity (Wildman–Crippen MR) is 58.3 cm³/mol. The molecule has 0 aliphatic heterocycles. The molecule has 0 aromatic heterocycles. The van der Waals surface area contributed by atoms with E-state index in [1.807, 2.05) is 0 Å². The number of hydrogen-bond acceptors (Lipinski definition) is 2. The van der Waals surface area contributed by atoms with Crippen LogP contribution < -0.4 is 5.32 Å². The molecule has 0 unspecified atom stereocenters. The van der Waals surface area contributed by atoms with Gasteiger partial charge in [-0.25, -0.2) is 4.79 Å². The van der Waals surface area contributed by atoms with Crippen LogP contribution in [0.15, 0.2) is 0 Å². The zero-order valence-corrected chi connectivity index (χ0v) is 9.68. The molecule has 0 fully saturated rings. The minimum atomic E-state index is -0.465. The van der Waals surface area contributed by atoms with E-state index in [-0.39, 0.29) is 24.0 Å². The van der Waals surface area contributed by atoms with E-state index in [0.29, 0.717) is 6.54 Å². The summed E-state index contributed by atoms with van der Waals surface area (Å²) in [5.74, 6) is 2.46. The second-order valence-electron chi connectivity index (χ2n) is 2.02. The van der Waals surface area contributed by atoms with Gasteiger partial charge in [-0.15, -0.1) is 24.0 Å². The first kappa shape index (κ1) is 14.1. The van der Waals surface area contributed by atoms with Crippen LogP contribution in [0.25, 0.3) is 0 Å². The van der Waals surface area contributed by atoms with E-state index in [4.69, 9.17) is 0 Å². The summed E-state index contributed by atoms with van der Waals surface area (Å²) < 4.78 is 4.43. The summed E-state index contributed by atoms with van der Waals surface area (Å²) in [5.41, 5.74) is 0. The fourth-order valence-corrected chi connectivity index (χ4v) is 0.501. The molecule has 0 spiro atoms. The maximum absolute atomic E-state index is 10.6. The van der Waals surface area contributed by atoms with Crippen LogP contribution in [0.3, 0.4) is 0 Å². The van der Waals surface area contributed by atoms with Crippen LogP contribution in [0.1, 0.15) is 26.7 Å². The summed E-state index contributed by atoms with van der Waals surface area (Å²) in [6, 6.07) is 0. The van der Waals surface area contributed by atoms with E-state index in [2.05, 4.69) is 29.0 Å². The topological polar surface area (TPSA) is 38.3 Å². The van der Waals surface area contributed by atoms with Crippen molar-refractivity contribution in [3.05, 3.63) is 0 Å². The van der Waals surface area contributed by atoms with E-state index in [1.165, 1.54) is 0 Å². The van der Waals surface area contributed by atoms with Crippen LogP contribution in [-0.4, -0.2) is 12.6 Å². The highest BCUT2D eigenvalue weighted by Gasteiger charge is 1.95. The Morgan fingerprint density at radius 1 is 1.58 bits per heavy atom. The molecule has 0 heterocycles. The third-order valence-corrected chi connectivity index (χ3v) is 1.05. The lowest BCUT2D eigenvalue weighted by Crippen LogP contribution is -2.23. The molecule has 0 aliphatic carbocycles. The molecule has 0 atom stereocenters. The van der Waals surface area contributed by atoms with Crippen molar-refractivity contribution in [2.24, 2.45) is 0 Å². The van der Waals surface area contributed by atoms with E-state index in [0.717, 1.165) is 12.8 Å².